The molecule has 1 spiro atoms. The number of aromatic nitrogens is 2. The van der Waals surface area contributed by atoms with Crippen molar-refractivity contribution >= 4 is 5.91 Å². The lowest BCUT2D eigenvalue weighted by molar-refractivity contribution is -0.137. The zero-order chi connectivity index (χ0) is 17.9. The van der Waals surface area contributed by atoms with Crippen LogP contribution in [0.25, 0.3) is 11.3 Å². The number of carbonyl (C=O) groups excluding carboxylic acids is 1. The third-order valence-corrected chi connectivity index (χ3v) is 6.34. The van der Waals surface area contributed by atoms with Gasteiger partial charge in [-0.25, -0.2) is 9.37 Å². The molecule has 3 aliphatic rings. The van der Waals surface area contributed by atoms with E-state index in [2.05, 4.69) is 33.6 Å². The lowest BCUT2D eigenvalue weighted by Crippen LogP contribution is -2.55. The summed E-state index contributed by atoms with van der Waals surface area (Å²) in [5.74, 6) is 0.744. The van der Waals surface area contributed by atoms with Crippen LogP contribution in [0.3, 0.4) is 0 Å². The van der Waals surface area contributed by atoms with Gasteiger partial charge in [0.05, 0.1) is 24.0 Å². The van der Waals surface area contributed by atoms with E-state index in [1.807, 2.05) is 24.4 Å². The van der Waals surface area contributed by atoms with E-state index in [9.17, 15) is 9.18 Å². The number of fused-ring (bicyclic) bond motifs is 1. The Balaban J connectivity index is 1.45. The van der Waals surface area contributed by atoms with Crippen molar-refractivity contribution in [2.24, 2.45) is 0 Å². The maximum Gasteiger partial charge on any atom is 0.260 e. The highest BCUT2D eigenvalue weighted by Gasteiger charge is 2.56. The van der Waals surface area contributed by atoms with Crippen molar-refractivity contribution in [2.75, 3.05) is 20.1 Å². The fourth-order valence-electron chi connectivity index (χ4n) is 4.43. The molecule has 1 atom stereocenters. The molecule has 1 saturated carbocycles. The number of carbonyl (C=O) groups is 1. The lowest BCUT2D eigenvalue weighted by Gasteiger charge is -2.43. The first kappa shape index (κ1) is 16.0. The third kappa shape index (κ3) is 2.31. The molecule has 5 nitrogen and oxygen atoms in total. The number of imidazole rings is 1. The summed E-state index contributed by atoms with van der Waals surface area (Å²) in [6.45, 7) is 2.77. The molecule has 5 rings (SSSR count). The number of likely N-dealkylation sites (N-methyl/N-ethyl adjacent to an activating group) is 1. The Morgan fingerprint density at radius 2 is 1.92 bits per heavy atom. The van der Waals surface area contributed by atoms with E-state index in [0.29, 0.717) is 25.9 Å². The smallest absolute Gasteiger partial charge is 0.260 e. The van der Waals surface area contributed by atoms with E-state index in [4.69, 9.17) is 0 Å². The van der Waals surface area contributed by atoms with Crippen LogP contribution in [0.5, 0.6) is 0 Å². The zero-order valence-electron chi connectivity index (χ0n) is 15.0. The Labute approximate surface area is 152 Å². The van der Waals surface area contributed by atoms with Crippen LogP contribution < -0.4 is 0 Å². The van der Waals surface area contributed by atoms with Gasteiger partial charge in [-0.1, -0.05) is 30.3 Å². The second-order valence-electron chi connectivity index (χ2n) is 8.03. The molecule has 2 fully saturated rings. The largest absolute Gasteiger partial charge is 0.338 e. The second kappa shape index (κ2) is 5.39. The Morgan fingerprint density at radius 3 is 2.65 bits per heavy atom. The van der Waals surface area contributed by atoms with Crippen LogP contribution in [0.1, 0.15) is 25.1 Å². The summed E-state index contributed by atoms with van der Waals surface area (Å²) in [5, 5.41) is 0. The van der Waals surface area contributed by atoms with E-state index >= 15 is 0 Å². The first-order valence-corrected chi connectivity index (χ1v) is 9.30. The van der Waals surface area contributed by atoms with Gasteiger partial charge < -0.3 is 9.47 Å². The molecule has 2 aliphatic heterocycles. The average Bonchev–Trinajstić information content (AvgIpc) is 3.09. The van der Waals surface area contributed by atoms with E-state index in [1.54, 1.807) is 4.90 Å². The van der Waals surface area contributed by atoms with Crippen molar-refractivity contribution in [2.45, 2.75) is 43.6 Å². The van der Waals surface area contributed by atoms with Gasteiger partial charge in [-0.3, -0.25) is 9.69 Å². The Hall–Kier alpha value is -2.21. The lowest BCUT2D eigenvalue weighted by atomic mass is 9.94. The second-order valence-corrected chi connectivity index (χ2v) is 8.03. The first-order valence-electron chi connectivity index (χ1n) is 9.30. The summed E-state index contributed by atoms with van der Waals surface area (Å²) in [6, 6.07) is 10.3. The van der Waals surface area contributed by atoms with Gasteiger partial charge in [0.2, 0.25) is 0 Å². The van der Waals surface area contributed by atoms with Crippen LogP contribution in [0.15, 0.2) is 36.5 Å². The van der Waals surface area contributed by atoms with Gasteiger partial charge in [0.15, 0.2) is 5.67 Å². The molecule has 1 aromatic heterocycles. The maximum absolute atomic E-state index is 14.3. The van der Waals surface area contributed by atoms with Crippen LogP contribution in [-0.4, -0.2) is 56.6 Å². The molecule has 2 aromatic rings. The minimum absolute atomic E-state index is 0.141. The van der Waals surface area contributed by atoms with Gasteiger partial charge in [0, 0.05) is 19.6 Å². The quantitative estimate of drug-likeness (QED) is 0.832. The van der Waals surface area contributed by atoms with Crippen LogP contribution >= 0.6 is 0 Å². The predicted octanol–water partition coefficient (Wildman–Crippen LogP) is 2.47. The minimum atomic E-state index is -1.58. The van der Waals surface area contributed by atoms with Gasteiger partial charge in [0.1, 0.15) is 5.82 Å². The number of nitrogens with zero attached hydrogens (tertiary/aromatic N) is 4. The van der Waals surface area contributed by atoms with Gasteiger partial charge >= 0.3 is 0 Å². The van der Waals surface area contributed by atoms with E-state index in [1.165, 1.54) is 0 Å². The summed E-state index contributed by atoms with van der Waals surface area (Å²) in [4.78, 5) is 21.1. The van der Waals surface area contributed by atoms with Crippen molar-refractivity contribution in [1.82, 2.24) is 19.4 Å². The number of hydrogen-bond donors (Lipinski definition) is 0. The van der Waals surface area contributed by atoms with Crippen LogP contribution in [-0.2, 0) is 17.9 Å². The summed E-state index contributed by atoms with van der Waals surface area (Å²) < 4.78 is 16.5. The van der Waals surface area contributed by atoms with Gasteiger partial charge in [-0.15, -0.1) is 0 Å². The number of halogens is 1. The van der Waals surface area contributed by atoms with Crippen LogP contribution in [0.2, 0.25) is 0 Å². The Kier molecular flexibility index (Phi) is 3.32. The van der Waals surface area contributed by atoms with Gasteiger partial charge in [-0.2, -0.15) is 0 Å². The summed E-state index contributed by atoms with van der Waals surface area (Å²) in [5.41, 5.74) is 0.548. The first-order chi connectivity index (χ1) is 12.5. The van der Waals surface area contributed by atoms with E-state index in [0.717, 1.165) is 36.6 Å². The number of alkyl halides is 1. The Bertz CT molecular complexity index is 860. The van der Waals surface area contributed by atoms with Crippen molar-refractivity contribution in [3.8, 4) is 11.3 Å². The van der Waals surface area contributed by atoms with E-state index in [-0.39, 0.29) is 11.4 Å². The average molecular weight is 354 g/mol. The molecule has 1 unspecified atom stereocenters. The third-order valence-electron chi connectivity index (χ3n) is 6.34. The number of rotatable bonds is 2. The van der Waals surface area contributed by atoms with Crippen LogP contribution in [0.4, 0.5) is 4.39 Å². The monoisotopic (exact) mass is 354 g/mol. The molecule has 3 heterocycles. The molecule has 1 saturated heterocycles. The highest BCUT2D eigenvalue weighted by molar-refractivity contribution is 5.88. The molecule has 1 amide bonds. The topological polar surface area (TPSA) is 41.4 Å². The SMILES string of the molecule is CN1Cc2ncc(-c3ccccc3)n2CC12CCN(C(=O)C1(F)CC1)C2. The standard InChI is InChI=1S/C20H23FN4O/c1-23-12-17-22-11-16(15-5-3-2-4-6-15)25(17)14-19(23)9-10-24(13-19)18(26)20(21)7-8-20/h2-6,11H,7-10,12-14H2,1H3. The van der Waals surface area contributed by atoms with E-state index < -0.39 is 5.67 Å². The molecule has 1 aromatic carbocycles. The number of amides is 1. The number of hydrogen-bond acceptors (Lipinski definition) is 3. The van der Waals surface area contributed by atoms with Crippen molar-refractivity contribution in [3.63, 3.8) is 0 Å². The summed E-state index contributed by atoms with van der Waals surface area (Å²) in [6.07, 6.45) is 3.58. The molecule has 6 heteroatoms. The minimum Gasteiger partial charge on any atom is -0.338 e. The van der Waals surface area contributed by atoms with Crippen LogP contribution in [0, 0.1) is 0 Å². The molecule has 136 valence electrons. The van der Waals surface area contributed by atoms with Crippen molar-refractivity contribution in [1.29, 1.82) is 0 Å². The van der Waals surface area contributed by atoms with Crippen molar-refractivity contribution < 1.29 is 9.18 Å². The highest BCUT2D eigenvalue weighted by atomic mass is 19.1. The van der Waals surface area contributed by atoms with Crippen molar-refractivity contribution in [3.05, 3.63) is 42.4 Å². The van der Waals surface area contributed by atoms with Gasteiger partial charge in [0.25, 0.3) is 5.91 Å². The summed E-state index contributed by atoms with van der Waals surface area (Å²) >= 11 is 0. The molecule has 26 heavy (non-hydrogen) atoms. The molecule has 1 aliphatic carbocycles. The maximum atomic E-state index is 14.3. The molecular formula is C20H23FN4O. The molecule has 0 bridgehead atoms. The fraction of sp³-hybridized carbons (Fsp3) is 0.500. The number of benzene rings is 1. The molecule has 0 N–H and O–H groups in total. The number of likely N-dealkylation sites (tertiary alicyclic amines) is 1. The molecule has 0 radical (unpaired) electrons. The normalized spacial score (nSPS) is 26.9. The zero-order valence-corrected chi connectivity index (χ0v) is 15.0. The highest BCUT2D eigenvalue weighted by Crippen LogP contribution is 2.44. The summed E-state index contributed by atoms with van der Waals surface area (Å²) in [7, 11) is 2.09. The predicted molar refractivity (Wildman–Crippen MR) is 96.1 cm³/mol. The molecular weight excluding hydrogens is 331 g/mol. The Morgan fingerprint density at radius 1 is 1.15 bits per heavy atom. The fourth-order valence-corrected chi connectivity index (χ4v) is 4.43. The van der Waals surface area contributed by atoms with Gasteiger partial charge in [-0.05, 0) is 31.9 Å².